The van der Waals surface area contributed by atoms with Crippen LogP contribution in [0.3, 0.4) is 0 Å². The molecule has 4 rings (SSSR count). The maximum Gasteiger partial charge on any atom is 0.348 e. The number of ether oxygens (including phenoxy) is 3. The van der Waals surface area contributed by atoms with Crippen LogP contribution in [-0.4, -0.2) is 66.1 Å². The highest BCUT2D eigenvalue weighted by Gasteiger charge is 2.32. The average molecular weight is 582 g/mol. The molecule has 1 aromatic carbocycles. The van der Waals surface area contributed by atoms with Crippen molar-refractivity contribution in [3.63, 3.8) is 0 Å². The van der Waals surface area contributed by atoms with Crippen LogP contribution in [0.15, 0.2) is 24.3 Å². The smallest absolute Gasteiger partial charge is 0.348 e. The maximum atomic E-state index is 13.8. The van der Waals surface area contributed by atoms with Crippen molar-refractivity contribution in [2.75, 3.05) is 31.6 Å². The molecule has 0 saturated carbocycles. The zero-order valence-electron chi connectivity index (χ0n) is 24.0. The number of hydrogen-bond donors (Lipinski definition) is 1. The quantitative estimate of drug-likeness (QED) is 0.263. The minimum Gasteiger partial charge on any atom is -0.462 e. The molecule has 1 atom stereocenters. The van der Waals surface area contributed by atoms with E-state index < -0.39 is 29.9 Å². The van der Waals surface area contributed by atoms with Gasteiger partial charge in [0.2, 0.25) is 0 Å². The Labute approximate surface area is 243 Å². The van der Waals surface area contributed by atoms with Crippen molar-refractivity contribution >= 4 is 51.1 Å². The lowest BCUT2D eigenvalue weighted by Crippen LogP contribution is -2.35. The van der Waals surface area contributed by atoms with Crippen molar-refractivity contribution in [2.24, 2.45) is 0 Å². The first-order valence-corrected chi connectivity index (χ1v) is 14.7. The Bertz CT molecular complexity index is 1480. The normalized spacial score (nSPS) is 13.8. The number of aromatic nitrogens is 1. The van der Waals surface area contributed by atoms with Crippen LogP contribution < -0.4 is 5.32 Å². The number of amides is 1. The largest absolute Gasteiger partial charge is 0.462 e. The van der Waals surface area contributed by atoms with Crippen LogP contribution in [0.2, 0.25) is 0 Å². The van der Waals surface area contributed by atoms with Gasteiger partial charge in [0.1, 0.15) is 9.88 Å². The van der Waals surface area contributed by atoms with Crippen LogP contribution in [0.5, 0.6) is 0 Å². The highest BCUT2D eigenvalue weighted by atomic mass is 32.1. The van der Waals surface area contributed by atoms with Crippen LogP contribution in [0, 0.1) is 6.92 Å². The van der Waals surface area contributed by atoms with Gasteiger partial charge in [-0.3, -0.25) is 14.7 Å². The average Bonchev–Trinajstić information content (AvgIpc) is 3.29. The Balaban J connectivity index is 1.65. The number of nitrogens with zero attached hydrogens (tertiary/aromatic N) is 2. The minimum absolute atomic E-state index is 0.0725. The lowest BCUT2D eigenvalue weighted by atomic mass is 9.95. The Morgan fingerprint density at radius 1 is 1.00 bits per heavy atom. The Hall–Kier alpha value is -3.83. The lowest BCUT2D eigenvalue weighted by Gasteiger charge is -2.29. The molecule has 11 heteroatoms. The van der Waals surface area contributed by atoms with Gasteiger partial charge in [-0.15, -0.1) is 11.3 Å². The van der Waals surface area contributed by atoms with Crippen LogP contribution >= 0.6 is 11.3 Å². The van der Waals surface area contributed by atoms with Gasteiger partial charge in [-0.2, -0.15) is 0 Å². The fraction of sp³-hybridized carbons (Fsp3) is 0.433. The van der Waals surface area contributed by atoms with E-state index in [1.165, 1.54) is 0 Å². The van der Waals surface area contributed by atoms with Gasteiger partial charge in [0.25, 0.3) is 5.91 Å². The molecule has 0 spiro atoms. The fourth-order valence-corrected chi connectivity index (χ4v) is 5.99. The number of carbonyl (C=O) groups excluding carboxylic acids is 4. The van der Waals surface area contributed by atoms with E-state index in [-0.39, 0.29) is 35.1 Å². The molecule has 3 aromatic rings. The second-order valence-corrected chi connectivity index (χ2v) is 10.6. The summed E-state index contributed by atoms with van der Waals surface area (Å²) in [4.78, 5) is 59.7. The molecule has 218 valence electrons. The van der Waals surface area contributed by atoms with Crippen LogP contribution in [-0.2, 0) is 32.0 Å². The molecule has 1 N–H and O–H groups in total. The second-order valence-electron chi connectivity index (χ2n) is 9.54. The third-order valence-corrected chi connectivity index (χ3v) is 8.20. The number of para-hydroxylation sites is 1. The van der Waals surface area contributed by atoms with Gasteiger partial charge in [0, 0.05) is 36.2 Å². The monoisotopic (exact) mass is 581 g/mol. The van der Waals surface area contributed by atoms with E-state index in [0.717, 1.165) is 35.7 Å². The van der Waals surface area contributed by atoms with E-state index in [1.807, 2.05) is 24.3 Å². The molecule has 0 radical (unpaired) electrons. The number of carbonyl (C=O) groups is 4. The van der Waals surface area contributed by atoms with Gasteiger partial charge in [0.05, 0.1) is 29.9 Å². The number of esters is 3. The van der Waals surface area contributed by atoms with Gasteiger partial charge < -0.3 is 19.5 Å². The maximum absolute atomic E-state index is 13.8. The topological polar surface area (TPSA) is 124 Å². The molecule has 10 nitrogen and oxygen atoms in total. The predicted molar refractivity (Wildman–Crippen MR) is 155 cm³/mol. The molecule has 1 unspecified atom stereocenters. The van der Waals surface area contributed by atoms with Gasteiger partial charge >= 0.3 is 17.9 Å². The molecule has 1 amide bonds. The molecule has 41 heavy (non-hydrogen) atoms. The number of nitrogens with one attached hydrogen (secondary N) is 1. The van der Waals surface area contributed by atoms with Gasteiger partial charge in [-0.05, 0) is 45.4 Å². The molecule has 0 fully saturated rings. The first-order valence-electron chi connectivity index (χ1n) is 13.9. The third kappa shape index (κ3) is 6.25. The van der Waals surface area contributed by atoms with Crippen molar-refractivity contribution in [2.45, 2.75) is 60.1 Å². The van der Waals surface area contributed by atoms with Crippen molar-refractivity contribution in [1.82, 2.24) is 9.88 Å². The summed E-state index contributed by atoms with van der Waals surface area (Å²) in [5, 5.41) is 3.51. The number of thiophene rings is 1. The number of rotatable bonds is 10. The van der Waals surface area contributed by atoms with Crippen LogP contribution in [0.4, 0.5) is 5.00 Å². The van der Waals surface area contributed by atoms with Gasteiger partial charge in [-0.1, -0.05) is 32.0 Å². The number of anilines is 1. The number of fused-ring (bicyclic) bond motifs is 2. The van der Waals surface area contributed by atoms with Crippen molar-refractivity contribution < 1.29 is 33.4 Å². The second kappa shape index (κ2) is 13.2. The number of pyridine rings is 1. The van der Waals surface area contributed by atoms with E-state index in [2.05, 4.69) is 17.1 Å². The summed E-state index contributed by atoms with van der Waals surface area (Å²) in [6.45, 7) is 11.2. The first-order chi connectivity index (χ1) is 19.7. The molecular formula is C30H35N3O7S. The molecule has 0 aliphatic carbocycles. The van der Waals surface area contributed by atoms with Crippen molar-refractivity contribution in [3.8, 4) is 0 Å². The molecule has 0 saturated heterocycles. The van der Waals surface area contributed by atoms with Gasteiger partial charge in [-0.25, -0.2) is 14.4 Å². The number of benzene rings is 1. The molecule has 0 bridgehead atoms. The number of likely N-dealkylation sites (N-methyl/N-ethyl adjacent to an activating group) is 1. The minimum atomic E-state index is -1.15. The van der Waals surface area contributed by atoms with E-state index in [4.69, 9.17) is 19.2 Å². The Morgan fingerprint density at radius 2 is 1.71 bits per heavy atom. The third-order valence-electron chi connectivity index (χ3n) is 7.01. The molecule has 2 aromatic heterocycles. The van der Waals surface area contributed by atoms with Crippen molar-refractivity contribution in [1.29, 1.82) is 0 Å². The Kier molecular flexibility index (Phi) is 9.72. The highest BCUT2D eigenvalue weighted by molar-refractivity contribution is 7.18. The molecule has 1 aliphatic heterocycles. The molecule has 3 heterocycles. The standard InChI is InChI=1S/C30H35N3O7S/c1-6-22(26(34)32-27-23(28(35)38-8-3)17(5)25(41-27)30(37)39-9-4)40-29(36)24-18-12-10-11-13-20(18)31-21-14-15-33(7-2)16-19(21)24/h10-13,22H,6-9,14-16H2,1-5H3,(H,32,34). The summed E-state index contributed by atoms with van der Waals surface area (Å²) in [6.07, 6.45) is -0.254. The fourth-order valence-electron chi connectivity index (χ4n) is 4.89. The predicted octanol–water partition coefficient (Wildman–Crippen LogP) is 4.91. The van der Waals surface area contributed by atoms with E-state index in [0.29, 0.717) is 35.0 Å². The van der Waals surface area contributed by atoms with Crippen LogP contribution in [0.1, 0.15) is 81.3 Å². The zero-order valence-corrected chi connectivity index (χ0v) is 24.8. The van der Waals surface area contributed by atoms with Gasteiger partial charge in [0.15, 0.2) is 6.10 Å². The SMILES string of the molecule is CCOC(=O)c1sc(NC(=O)C(CC)OC(=O)c2c3c(nc4ccccc24)CCN(CC)C3)c(C(=O)OCC)c1C. The number of hydrogen-bond acceptors (Lipinski definition) is 10. The summed E-state index contributed by atoms with van der Waals surface area (Å²) < 4.78 is 16.1. The van der Waals surface area contributed by atoms with E-state index in [9.17, 15) is 19.2 Å². The van der Waals surface area contributed by atoms with Crippen LogP contribution in [0.25, 0.3) is 10.9 Å². The highest BCUT2D eigenvalue weighted by Crippen LogP contribution is 2.35. The summed E-state index contributed by atoms with van der Waals surface area (Å²) in [5.41, 5.74) is 3.21. The summed E-state index contributed by atoms with van der Waals surface area (Å²) in [5.74, 6) is -2.51. The zero-order chi connectivity index (χ0) is 29.7. The summed E-state index contributed by atoms with van der Waals surface area (Å²) in [6, 6.07) is 7.41. The summed E-state index contributed by atoms with van der Waals surface area (Å²) >= 11 is 0.921. The summed E-state index contributed by atoms with van der Waals surface area (Å²) in [7, 11) is 0. The first kappa shape index (κ1) is 30.1. The van der Waals surface area contributed by atoms with Crippen molar-refractivity contribution in [3.05, 3.63) is 57.1 Å². The molecule has 1 aliphatic rings. The lowest BCUT2D eigenvalue weighted by molar-refractivity contribution is -0.124. The van der Waals surface area contributed by atoms with E-state index >= 15 is 0 Å². The molecular weight excluding hydrogens is 546 g/mol. The Morgan fingerprint density at radius 3 is 2.39 bits per heavy atom. The van der Waals surface area contributed by atoms with E-state index in [1.54, 1.807) is 27.7 Å².